The second-order valence-electron chi connectivity index (χ2n) is 16.7. The molecule has 8 nitrogen and oxygen atoms in total. The molecule has 8 bridgehead atoms. The van der Waals surface area contributed by atoms with Gasteiger partial charge in [-0.25, -0.2) is 0 Å². The Labute approximate surface area is 309 Å². The van der Waals surface area contributed by atoms with Crippen LogP contribution in [0.1, 0.15) is 178 Å². The molecular weight excluding hydrogens is 649 g/mol. The maximum Gasteiger partial charge on any atom is 0.129 e. The molecule has 5 heterocycles. The van der Waals surface area contributed by atoms with Gasteiger partial charge in [0, 0.05) is 92.9 Å². The number of hydrogen-bond donors (Lipinski definition) is 4. The Morgan fingerprint density at radius 2 is 0.519 bits per heavy atom. The second-order valence-corrected chi connectivity index (χ2v) is 16.7. The molecule has 0 fully saturated rings. The van der Waals surface area contributed by atoms with Crippen molar-refractivity contribution in [3.8, 4) is 0 Å². The minimum Gasteiger partial charge on any atom is -0.361 e. The van der Waals surface area contributed by atoms with E-state index in [-0.39, 0.29) is 23.1 Å². The van der Waals surface area contributed by atoms with Crippen LogP contribution in [0.2, 0.25) is 0 Å². The number of nitrogens with one attached hydrogen (secondary N) is 4. The highest BCUT2D eigenvalue weighted by molar-refractivity contribution is 5.76. The Hall–Kier alpha value is -4.20. The van der Waals surface area contributed by atoms with Crippen LogP contribution in [-0.2, 0) is 40.8 Å². The van der Waals surface area contributed by atoms with Gasteiger partial charge in [0.05, 0.1) is 0 Å². The fourth-order valence-electron chi connectivity index (χ4n) is 8.58. The monoisotopic (exact) mass is 708 g/mol. The van der Waals surface area contributed by atoms with Gasteiger partial charge in [0.2, 0.25) is 0 Å². The van der Waals surface area contributed by atoms with Gasteiger partial charge in [0.15, 0.2) is 0 Å². The van der Waals surface area contributed by atoms with Gasteiger partial charge in [-0.3, -0.25) is 0 Å². The van der Waals surface area contributed by atoms with Crippen LogP contribution in [0.25, 0.3) is 0 Å². The van der Waals surface area contributed by atoms with E-state index in [4.69, 9.17) is 0 Å². The zero-order chi connectivity index (χ0) is 37.9. The van der Waals surface area contributed by atoms with Crippen LogP contribution in [0.5, 0.6) is 0 Å². The zero-order valence-electron chi connectivity index (χ0n) is 32.7. The minimum atomic E-state index is -0.444. The largest absolute Gasteiger partial charge is 0.361 e. The quantitative estimate of drug-likeness (QED) is 0.0923. The lowest BCUT2D eigenvalue weighted by Crippen LogP contribution is -2.30. The summed E-state index contributed by atoms with van der Waals surface area (Å²) in [7, 11) is 0. The van der Waals surface area contributed by atoms with Crippen molar-refractivity contribution in [1.82, 2.24) is 19.9 Å². The van der Waals surface area contributed by atoms with E-state index >= 15 is 0 Å². The molecule has 280 valence electrons. The molecule has 0 atom stereocenters. The van der Waals surface area contributed by atoms with E-state index < -0.39 is 21.7 Å². The third kappa shape index (κ3) is 7.91. The average Bonchev–Trinajstić information content (AvgIpc) is 3.90. The van der Waals surface area contributed by atoms with E-state index in [0.717, 1.165) is 96.9 Å². The summed E-state index contributed by atoms with van der Waals surface area (Å²) in [4.78, 5) is 64.0. The third-order valence-corrected chi connectivity index (χ3v) is 12.3. The van der Waals surface area contributed by atoms with E-state index in [9.17, 15) is 19.2 Å². The molecule has 4 aromatic rings. The number of hydrogen-bond acceptors (Lipinski definition) is 4. The molecule has 0 aromatic carbocycles. The smallest absolute Gasteiger partial charge is 0.129 e. The Morgan fingerprint density at radius 1 is 0.365 bits per heavy atom. The van der Waals surface area contributed by atoms with Crippen LogP contribution >= 0.6 is 0 Å². The zero-order valence-corrected chi connectivity index (χ0v) is 32.7. The van der Waals surface area contributed by atoms with Crippen molar-refractivity contribution in [1.29, 1.82) is 0 Å². The Morgan fingerprint density at radius 3 is 0.654 bits per heavy atom. The Bertz CT molecular complexity index is 1550. The van der Waals surface area contributed by atoms with Crippen molar-refractivity contribution in [3.63, 3.8) is 0 Å². The summed E-state index contributed by atoms with van der Waals surface area (Å²) in [6.07, 6.45) is 8.16. The van der Waals surface area contributed by atoms with Crippen molar-refractivity contribution in [3.05, 3.63) is 94.1 Å². The molecule has 5 rings (SSSR count). The lowest BCUT2D eigenvalue weighted by molar-refractivity contribution is -0.118. The molecule has 4 aromatic heterocycles. The summed E-state index contributed by atoms with van der Waals surface area (Å²) in [5.74, 6) is 0.743. The fraction of sp³-hybridized carbons (Fsp3) is 0.545. The molecule has 8 heteroatoms. The number of aromatic nitrogens is 4. The van der Waals surface area contributed by atoms with Crippen molar-refractivity contribution < 1.29 is 19.2 Å². The molecule has 0 saturated heterocycles. The highest BCUT2D eigenvalue weighted by atomic mass is 16.1. The molecule has 4 N–H and O–H groups in total. The number of aromatic amines is 4. The van der Waals surface area contributed by atoms with Crippen LogP contribution in [0.3, 0.4) is 0 Å². The first-order valence-electron chi connectivity index (χ1n) is 19.3. The van der Waals surface area contributed by atoms with Gasteiger partial charge < -0.3 is 39.1 Å². The van der Waals surface area contributed by atoms with Crippen LogP contribution in [0, 0.1) is 0 Å². The number of carbonyl (C=O) groups is 4. The van der Waals surface area contributed by atoms with Crippen molar-refractivity contribution >= 4 is 23.1 Å². The summed E-state index contributed by atoms with van der Waals surface area (Å²) >= 11 is 0. The summed E-state index contributed by atoms with van der Waals surface area (Å²) in [6, 6.07) is 17.6. The second kappa shape index (κ2) is 15.4. The number of fused-ring (bicyclic) bond motifs is 8. The molecule has 1 aliphatic rings. The summed E-state index contributed by atoms with van der Waals surface area (Å²) in [5.41, 5.74) is 6.82. The normalized spacial score (nSPS) is 24.2. The SMILES string of the molecule is CC(=O)CCCC1(C)c2ccc([nH]2)C(C)(CCCC(C)=O)c2ccc([nH]2)C(C)(CCCC(C)=O)c2ccc([nH]2)C(C)(CCCC(C)=O)c2ccc1[nH]2. The Balaban J connectivity index is 1.74. The predicted molar refractivity (Wildman–Crippen MR) is 207 cm³/mol. The predicted octanol–water partition coefficient (Wildman–Crippen LogP) is 9.57. The summed E-state index contributed by atoms with van der Waals surface area (Å²) in [6.45, 7) is 15.7. The van der Waals surface area contributed by atoms with Crippen LogP contribution in [-0.4, -0.2) is 43.1 Å². The van der Waals surface area contributed by atoms with Crippen LogP contribution in [0.15, 0.2) is 48.5 Å². The average molecular weight is 709 g/mol. The maximum absolute atomic E-state index is 12.1. The maximum atomic E-state index is 12.1. The van der Waals surface area contributed by atoms with E-state index in [1.807, 2.05) is 0 Å². The van der Waals surface area contributed by atoms with Gasteiger partial charge in [-0.05, 0) is 155 Å². The fourth-order valence-corrected chi connectivity index (χ4v) is 8.58. The van der Waals surface area contributed by atoms with Crippen LogP contribution < -0.4 is 0 Å². The first-order valence-corrected chi connectivity index (χ1v) is 19.3. The molecule has 1 aliphatic heterocycles. The summed E-state index contributed by atoms with van der Waals surface area (Å²) < 4.78 is 0. The third-order valence-electron chi connectivity index (χ3n) is 12.3. The van der Waals surface area contributed by atoms with Crippen molar-refractivity contribution in [2.75, 3.05) is 0 Å². The highest BCUT2D eigenvalue weighted by Crippen LogP contribution is 2.46. The van der Waals surface area contributed by atoms with E-state index in [1.165, 1.54) is 0 Å². The van der Waals surface area contributed by atoms with Gasteiger partial charge in [0.25, 0.3) is 0 Å². The molecular formula is C44H60N4O4. The number of rotatable bonds is 16. The minimum absolute atomic E-state index is 0.186. The molecule has 52 heavy (non-hydrogen) atoms. The van der Waals surface area contributed by atoms with Crippen molar-refractivity contribution in [2.45, 2.75) is 154 Å². The topological polar surface area (TPSA) is 131 Å². The molecule has 0 radical (unpaired) electrons. The Kier molecular flexibility index (Phi) is 11.6. The van der Waals surface area contributed by atoms with Gasteiger partial charge >= 0.3 is 0 Å². The first kappa shape index (κ1) is 39.0. The van der Waals surface area contributed by atoms with Gasteiger partial charge in [-0.15, -0.1) is 0 Å². The molecule has 0 unspecified atom stereocenters. The molecule has 0 spiro atoms. The van der Waals surface area contributed by atoms with Crippen LogP contribution in [0.4, 0.5) is 0 Å². The number of carbonyl (C=O) groups excluding carboxylic acids is 4. The van der Waals surface area contributed by atoms with E-state index in [0.29, 0.717) is 25.7 Å². The number of Topliss-reactive ketones (excluding diaryl/α,β-unsaturated/α-hetero) is 4. The number of H-pyrrole nitrogens is 4. The van der Waals surface area contributed by atoms with Gasteiger partial charge in [-0.1, -0.05) is 0 Å². The first-order chi connectivity index (χ1) is 24.5. The van der Waals surface area contributed by atoms with Crippen molar-refractivity contribution in [2.24, 2.45) is 0 Å². The molecule has 0 aliphatic carbocycles. The lowest BCUT2D eigenvalue weighted by atomic mass is 9.78. The standard InChI is InChI=1S/C44H60N4O4/c1-29(49)13-9-25-41(5)33-17-19-35(45-33)42(6,26-10-14-30(2)50)37-21-23-39(47-37)44(8,28-12-16-32(4)52)40-24-22-38(48-40)43(7,27-11-15-31(3)51)36-20-18-34(41)46-36/h17-24,45-48H,9-16,25-28H2,1-8H3. The van der Waals surface area contributed by atoms with Gasteiger partial charge in [-0.2, -0.15) is 0 Å². The van der Waals surface area contributed by atoms with Gasteiger partial charge in [0.1, 0.15) is 23.1 Å². The summed E-state index contributed by atoms with van der Waals surface area (Å²) in [5, 5.41) is 0. The lowest BCUT2D eigenvalue weighted by Gasteiger charge is -2.33. The number of ketones is 4. The van der Waals surface area contributed by atoms with E-state index in [1.54, 1.807) is 27.7 Å². The highest BCUT2D eigenvalue weighted by Gasteiger charge is 2.41. The molecule has 0 amide bonds. The molecule has 0 saturated carbocycles. The van der Waals surface area contributed by atoms with E-state index in [2.05, 4.69) is 96.2 Å².